The van der Waals surface area contributed by atoms with Gasteiger partial charge in [0.05, 0.1) is 25.1 Å². The van der Waals surface area contributed by atoms with Gasteiger partial charge < -0.3 is 9.47 Å². The number of methoxy groups -OCH3 is 1. The predicted molar refractivity (Wildman–Crippen MR) is 64.7 cm³/mol. The zero-order valence-corrected chi connectivity index (χ0v) is 10.8. The average molecular weight is 270 g/mol. The number of hydrogen-bond acceptors (Lipinski definition) is 5. The van der Waals surface area contributed by atoms with E-state index in [1.165, 1.54) is 10.7 Å². The van der Waals surface area contributed by atoms with Crippen molar-refractivity contribution < 1.29 is 14.3 Å². The van der Waals surface area contributed by atoms with Gasteiger partial charge in [0.2, 0.25) is 0 Å². The van der Waals surface area contributed by atoms with E-state index in [1.807, 2.05) is 0 Å². The molecule has 0 saturated carbocycles. The molecule has 6 nitrogen and oxygen atoms in total. The highest BCUT2D eigenvalue weighted by Crippen LogP contribution is 2.16. The van der Waals surface area contributed by atoms with Gasteiger partial charge in [-0.05, 0) is 13.0 Å². The van der Waals surface area contributed by atoms with E-state index in [1.54, 1.807) is 20.1 Å². The summed E-state index contributed by atoms with van der Waals surface area (Å²) in [5.41, 5.74) is 1.37. The Hall–Kier alpha value is -1.66. The third kappa shape index (κ3) is 2.30. The molecule has 0 radical (unpaired) electrons. The van der Waals surface area contributed by atoms with Gasteiger partial charge in [-0.2, -0.15) is 5.10 Å². The fraction of sp³-hybridized carbons (Fsp3) is 0.364. The molecular formula is C11H12ClN3O3. The van der Waals surface area contributed by atoms with E-state index >= 15 is 0 Å². The Morgan fingerprint density at radius 3 is 3.00 bits per heavy atom. The van der Waals surface area contributed by atoms with Crippen LogP contribution in [0.2, 0.25) is 5.15 Å². The Kier molecular flexibility index (Phi) is 3.78. The standard InChI is InChI=1S/C11H12ClN3O3/c1-3-18-11(16)8-5-13-15-7(6-17-2)4-9(12)14-10(8)15/h4-5H,3,6H2,1-2H3. The largest absolute Gasteiger partial charge is 0.462 e. The highest BCUT2D eigenvalue weighted by molar-refractivity contribution is 6.29. The van der Waals surface area contributed by atoms with Crippen molar-refractivity contribution in [2.75, 3.05) is 13.7 Å². The molecule has 2 aromatic heterocycles. The first-order valence-corrected chi connectivity index (χ1v) is 5.74. The quantitative estimate of drug-likeness (QED) is 0.624. The van der Waals surface area contributed by atoms with Crippen LogP contribution in [0.25, 0.3) is 5.65 Å². The van der Waals surface area contributed by atoms with Crippen LogP contribution in [0.4, 0.5) is 0 Å². The second-order valence-electron chi connectivity index (χ2n) is 3.52. The van der Waals surface area contributed by atoms with Gasteiger partial charge in [-0.3, -0.25) is 0 Å². The molecule has 2 heterocycles. The monoisotopic (exact) mass is 269 g/mol. The maximum atomic E-state index is 11.7. The predicted octanol–water partition coefficient (Wildman–Crippen LogP) is 1.71. The molecule has 0 aliphatic heterocycles. The zero-order chi connectivity index (χ0) is 13.1. The maximum absolute atomic E-state index is 11.7. The summed E-state index contributed by atoms with van der Waals surface area (Å²) in [4.78, 5) is 15.8. The second kappa shape index (κ2) is 5.32. The molecule has 2 aromatic rings. The van der Waals surface area contributed by atoms with Gasteiger partial charge in [0.1, 0.15) is 10.7 Å². The summed E-state index contributed by atoms with van der Waals surface area (Å²) < 4.78 is 11.5. The summed E-state index contributed by atoms with van der Waals surface area (Å²) in [6.45, 7) is 2.35. The molecule has 0 amide bonds. The van der Waals surface area contributed by atoms with E-state index in [-0.39, 0.29) is 10.7 Å². The minimum absolute atomic E-state index is 0.278. The first-order chi connectivity index (χ1) is 8.67. The Morgan fingerprint density at radius 1 is 1.56 bits per heavy atom. The van der Waals surface area contributed by atoms with Crippen molar-refractivity contribution in [1.82, 2.24) is 14.6 Å². The van der Waals surface area contributed by atoms with E-state index in [9.17, 15) is 4.79 Å². The first-order valence-electron chi connectivity index (χ1n) is 5.36. The molecule has 18 heavy (non-hydrogen) atoms. The molecule has 0 bridgehead atoms. The fourth-order valence-electron chi connectivity index (χ4n) is 1.60. The van der Waals surface area contributed by atoms with Gasteiger partial charge in [0.15, 0.2) is 5.65 Å². The summed E-state index contributed by atoms with van der Waals surface area (Å²) in [5, 5.41) is 4.37. The highest BCUT2D eigenvalue weighted by atomic mass is 35.5. The topological polar surface area (TPSA) is 65.7 Å². The molecule has 0 aromatic carbocycles. The van der Waals surface area contributed by atoms with Crippen molar-refractivity contribution in [3.05, 3.63) is 28.7 Å². The third-order valence-electron chi connectivity index (χ3n) is 2.30. The van der Waals surface area contributed by atoms with Crippen molar-refractivity contribution in [2.24, 2.45) is 0 Å². The minimum Gasteiger partial charge on any atom is -0.462 e. The van der Waals surface area contributed by atoms with Crippen LogP contribution in [0.3, 0.4) is 0 Å². The average Bonchev–Trinajstić information content (AvgIpc) is 2.73. The molecule has 96 valence electrons. The number of ether oxygens (including phenoxy) is 2. The first kappa shape index (κ1) is 12.8. The Bertz CT molecular complexity index is 582. The Balaban J connectivity index is 2.55. The van der Waals surface area contributed by atoms with Crippen molar-refractivity contribution >= 4 is 23.2 Å². The smallest absolute Gasteiger partial charge is 0.343 e. The number of esters is 1. The number of halogens is 1. The van der Waals surface area contributed by atoms with Crippen molar-refractivity contribution in [2.45, 2.75) is 13.5 Å². The van der Waals surface area contributed by atoms with Crippen LogP contribution >= 0.6 is 11.6 Å². The highest BCUT2D eigenvalue weighted by Gasteiger charge is 2.17. The lowest BCUT2D eigenvalue weighted by molar-refractivity contribution is 0.0528. The second-order valence-corrected chi connectivity index (χ2v) is 3.90. The van der Waals surface area contributed by atoms with Gasteiger partial charge in [-0.15, -0.1) is 0 Å². The van der Waals surface area contributed by atoms with Gasteiger partial charge >= 0.3 is 5.97 Å². The molecular weight excluding hydrogens is 258 g/mol. The number of fused-ring (bicyclic) bond motifs is 1. The molecule has 2 rings (SSSR count). The van der Waals surface area contributed by atoms with E-state index in [2.05, 4.69) is 10.1 Å². The van der Waals surface area contributed by atoms with E-state index < -0.39 is 5.97 Å². The molecule has 7 heteroatoms. The normalized spacial score (nSPS) is 10.8. The molecule has 0 aliphatic carbocycles. The van der Waals surface area contributed by atoms with Crippen molar-refractivity contribution in [1.29, 1.82) is 0 Å². The van der Waals surface area contributed by atoms with Crippen LogP contribution in [0, 0.1) is 0 Å². The van der Waals surface area contributed by atoms with Crippen LogP contribution in [-0.4, -0.2) is 34.3 Å². The summed E-state index contributed by atoms with van der Waals surface area (Å²) in [7, 11) is 1.57. The lowest BCUT2D eigenvalue weighted by Gasteiger charge is -2.04. The van der Waals surface area contributed by atoms with Gasteiger partial charge in [-0.25, -0.2) is 14.3 Å². The van der Waals surface area contributed by atoms with Gasteiger partial charge in [0.25, 0.3) is 0 Å². The number of rotatable bonds is 4. The maximum Gasteiger partial charge on any atom is 0.343 e. The summed E-state index contributed by atoms with van der Waals surface area (Å²) in [6, 6.07) is 1.64. The Labute approximate surface area is 108 Å². The summed E-state index contributed by atoms with van der Waals surface area (Å²) in [6.07, 6.45) is 1.41. The molecule has 0 fully saturated rings. The molecule has 0 N–H and O–H groups in total. The van der Waals surface area contributed by atoms with Gasteiger partial charge in [0, 0.05) is 7.11 Å². The van der Waals surface area contributed by atoms with Crippen LogP contribution in [0.1, 0.15) is 23.0 Å². The Morgan fingerprint density at radius 2 is 2.33 bits per heavy atom. The number of carbonyl (C=O) groups excluding carboxylic acids is 1. The van der Waals surface area contributed by atoms with E-state index in [4.69, 9.17) is 21.1 Å². The fourth-order valence-corrected chi connectivity index (χ4v) is 1.80. The molecule has 0 atom stereocenters. The van der Waals surface area contributed by atoms with Crippen LogP contribution in [0.5, 0.6) is 0 Å². The lowest BCUT2D eigenvalue weighted by Crippen LogP contribution is -2.06. The van der Waals surface area contributed by atoms with Crippen LogP contribution in [-0.2, 0) is 16.1 Å². The molecule has 0 unspecified atom stereocenters. The van der Waals surface area contributed by atoms with Gasteiger partial charge in [-0.1, -0.05) is 11.6 Å². The minimum atomic E-state index is -0.467. The molecule has 0 saturated heterocycles. The van der Waals surface area contributed by atoms with E-state index in [0.717, 1.165) is 0 Å². The summed E-state index contributed by atoms with van der Waals surface area (Å²) in [5.74, 6) is -0.467. The number of nitrogens with zero attached hydrogens (tertiary/aromatic N) is 3. The number of aromatic nitrogens is 3. The summed E-state index contributed by atoms with van der Waals surface area (Å²) >= 11 is 5.91. The SMILES string of the molecule is CCOC(=O)c1cnn2c(COC)cc(Cl)nc12. The van der Waals surface area contributed by atoms with Crippen molar-refractivity contribution in [3.63, 3.8) is 0 Å². The van der Waals surface area contributed by atoms with Crippen LogP contribution < -0.4 is 0 Å². The number of hydrogen-bond donors (Lipinski definition) is 0. The zero-order valence-electron chi connectivity index (χ0n) is 10.0. The van der Waals surface area contributed by atoms with Crippen LogP contribution in [0.15, 0.2) is 12.3 Å². The lowest BCUT2D eigenvalue weighted by atomic mass is 10.3. The van der Waals surface area contributed by atoms with E-state index in [0.29, 0.717) is 24.6 Å². The van der Waals surface area contributed by atoms with Crippen molar-refractivity contribution in [3.8, 4) is 0 Å². The molecule has 0 aliphatic rings. The number of carbonyl (C=O) groups is 1. The third-order valence-corrected chi connectivity index (χ3v) is 2.50. The molecule has 0 spiro atoms.